The third-order valence-electron chi connectivity index (χ3n) is 5.31. The summed E-state index contributed by atoms with van der Waals surface area (Å²) in [5, 5.41) is 11.3. The lowest BCUT2D eigenvalue weighted by molar-refractivity contribution is 0.289. The average Bonchev–Trinajstić information content (AvgIpc) is 3.17. The van der Waals surface area contributed by atoms with Gasteiger partial charge in [0.1, 0.15) is 5.82 Å². The molecule has 134 valence electrons. The Kier molecular flexibility index (Phi) is 3.99. The van der Waals surface area contributed by atoms with Gasteiger partial charge < -0.3 is 4.90 Å². The first-order chi connectivity index (χ1) is 13.2. The van der Waals surface area contributed by atoms with E-state index in [1.807, 2.05) is 13.1 Å². The van der Waals surface area contributed by atoms with Gasteiger partial charge in [0.15, 0.2) is 0 Å². The van der Waals surface area contributed by atoms with Crippen LogP contribution in [0, 0.1) is 5.82 Å². The second-order valence-electron chi connectivity index (χ2n) is 7.07. The van der Waals surface area contributed by atoms with Crippen molar-refractivity contribution in [3.8, 4) is 11.3 Å². The highest BCUT2D eigenvalue weighted by Crippen LogP contribution is 2.38. The summed E-state index contributed by atoms with van der Waals surface area (Å²) in [5.41, 5.74) is 4.17. The Morgan fingerprint density at radius 2 is 2.07 bits per heavy atom. The van der Waals surface area contributed by atoms with E-state index in [0.717, 1.165) is 17.7 Å². The molecule has 1 unspecified atom stereocenters. The number of nitrogens with zero attached hydrogens (tertiary/aromatic N) is 3. The Hall–Kier alpha value is -2.63. The molecular weight excluding hydrogens is 357 g/mol. The highest BCUT2D eigenvalue weighted by atomic mass is 32.1. The van der Waals surface area contributed by atoms with Crippen LogP contribution < -0.4 is 0 Å². The predicted molar refractivity (Wildman–Crippen MR) is 107 cm³/mol. The first-order valence-corrected chi connectivity index (χ1v) is 9.84. The van der Waals surface area contributed by atoms with Crippen molar-refractivity contribution in [1.82, 2.24) is 15.1 Å². The minimum absolute atomic E-state index is 0.163. The van der Waals surface area contributed by atoms with Gasteiger partial charge >= 0.3 is 0 Å². The van der Waals surface area contributed by atoms with Crippen molar-refractivity contribution in [2.24, 2.45) is 0 Å². The SMILES string of the molecule is CN1Cc2c(ccc(-c3cccnn3)c2F)C(c2ccc3ccsc3c2)C1. The second-order valence-corrected chi connectivity index (χ2v) is 8.02. The van der Waals surface area contributed by atoms with E-state index in [0.29, 0.717) is 17.8 Å². The van der Waals surface area contributed by atoms with E-state index >= 15 is 4.39 Å². The number of thiophene rings is 1. The fourth-order valence-corrected chi connectivity index (χ4v) is 4.82. The minimum atomic E-state index is -0.179. The predicted octanol–water partition coefficient (Wildman–Crippen LogP) is 5.07. The fourth-order valence-electron chi connectivity index (χ4n) is 3.98. The van der Waals surface area contributed by atoms with Crippen LogP contribution in [0.15, 0.2) is 60.1 Å². The lowest BCUT2D eigenvalue weighted by Crippen LogP contribution is -2.31. The van der Waals surface area contributed by atoms with Gasteiger partial charge in [0.2, 0.25) is 0 Å². The molecule has 0 N–H and O–H groups in total. The largest absolute Gasteiger partial charge is 0.301 e. The molecule has 0 saturated heterocycles. The van der Waals surface area contributed by atoms with Gasteiger partial charge in [-0.05, 0) is 59.3 Å². The molecule has 1 atom stereocenters. The smallest absolute Gasteiger partial charge is 0.137 e. The first-order valence-electron chi connectivity index (χ1n) is 8.96. The van der Waals surface area contributed by atoms with Gasteiger partial charge in [-0.1, -0.05) is 18.2 Å². The maximum atomic E-state index is 15.4. The van der Waals surface area contributed by atoms with Crippen LogP contribution in [0.3, 0.4) is 0 Å². The molecule has 0 radical (unpaired) electrons. The van der Waals surface area contributed by atoms with Gasteiger partial charge in [-0.15, -0.1) is 11.3 Å². The van der Waals surface area contributed by atoms with Crippen molar-refractivity contribution in [3.05, 3.63) is 82.6 Å². The molecule has 5 heteroatoms. The quantitative estimate of drug-likeness (QED) is 0.489. The molecule has 2 aromatic carbocycles. The van der Waals surface area contributed by atoms with Gasteiger partial charge in [-0.2, -0.15) is 10.2 Å². The molecule has 1 aliphatic heterocycles. The Balaban J connectivity index is 1.64. The van der Waals surface area contributed by atoms with Gasteiger partial charge in [0, 0.05) is 41.0 Å². The van der Waals surface area contributed by atoms with Gasteiger partial charge in [-0.3, -0.25) is 0 Å². The van der Waals surface area contributed by atoms with Crippen LogP contribution in [-0.4, -0.2) is 28.7 Å². The molecule has 0 aliphatic carbocycles. The first kappa shape index (κ1) is 16.5. The van der Waals surface area contributed by atoms with Crippen LogP contribution in [0.25, 0.3) is 21.3 Å². The van der Waals surface area contributed by atoms with Crippen LogP contribution in [-0.2, 0) is 6.54 Å². The maximum absolute atomic E-state index is 15.4. The van der Waals surface area contributed by atoms with Crippen LogP contribution >= 0.6 is 11.3 Å². The van der Waals surface area contributed by atoms with Gasteiger partial charge in [-0.25, -0.2) is 4.39 Å². The fraction of sp³-hybridized carbons (Fsp3) is 0.182. The lowest BCUT2D eigenvalue weighted by Gasteiger charge is -2.33. The third-order valence-corrected chi connectivity index (χ3v) is 6.19. The summed E-state index contributed by atoms with van der Waals surface area (Å²) in [6.07, 6.45) is 1.60. The van der Waals surface area contributed by atoms with Crippen molar-refractivity contribution in [3.63, 3.8) is 0 Å². The Morgan fingerprint density at radius 3 is 2.93 bits per heavy atom. The topological polar surface area (TPSA) is 29.0 Å². The van der Waals surface area contributed by atoms with E-state index in [1.54, 1.807) is 29.7 Å². The van der Waals surface area contributed by atoms with E-state index in [9.17, 15) is 0 Å². The number of rotatable bonds is 2. The van der Waals surface area contributed by atoms with E-state index in [-0.39, 0.29) is 11.7 Å². The van der Waals surface area contributed by atoms with Crippen LogP contribution in [0.5, 0.6) is 0 Å². The van der Waals surface area contributed by atoms with Crippen molar-refractivity contribution >= 4 is 21.4 Å². The molecule has 0 amide bonds. The van der Waals surface area contributed by atoms with Crippen LogP contribution in [0.2, 0.25) is 0 Å². The molecule has 3 nitrogen and oxygen atoms in total. The molecule has 0 spiro atoms. The van der Waals surface area contributed by atoms with Gasteiger partial charge in [0.25, 0.3) is 0 Å². The van der Waals surface area contributed by atoms with E-state index < -0.39 is 0 Å². The van der Waals surface area contributed by atoms with Crippen molar-refractivity contribution < 1.29 is 4.39 Å². The monoisotopic (exact) mass is 375 g/mol. The molecule has 5 rings (SSSR count). The zero-order chi connectivity index (χ0) is 18.4. The molecule has 0 fully saturated rings. The number of hydrogen-bond acceptors (Lipinski definition) is 4. The number of aromatic nitrogens is 2. The summed E-state index contributed by atoms with van der Waals surface area (Å²) in [6, 6.07) is 16.2. The molecule has 0 bridgehead atoms. The van der Waals surface area contributed by atoms with Gasteiger partial charge in [0.05, 0.1) is 5.69 Å². The number of halogens is 1. The third kappa shape index (κ3) is 2.83. The zero-order valence-corrected chi connectivity index (χ0v) is 15.7. The molecule has 27 heavy (non-hydrogen) atoms. The van der Waals surface area contributed by atoms with E-state index in [4.69, 9.17) is 0 Å². The summed E-state index contributed by atoms with van der Waals surface area (Å²) >= 11 is 1.75. The van der Waals surface area contributed by atoms with Crippen molar-refractivity contribution in [2.45, 2.75) is 12.5 Å². The summed E-state index contributed by atoms with van der Waals surface area (Å²) in [4.78, 5) is 2.19. The summed E-state index contributed by atoms with van der Waals surface area (Å²) in [5.74, 6) is -0.0163. The Labute approximate surface area is 161 Å². The standard InChI is InChI=1S/C22H18FN3S/c1-26-12-18(15-5-4-14-8-10-27-21(14)11-15)16-6-7-17(22(23)19(16)13-26)20-3-2-9-24-25-20/h2-11,18H,12-13H2,1H3. The lowest BCUT2D eigenvalue weighted by atomic mass is 9.83. The summed E-state index contributed by atoms with van der Waals surface area (Å²) in [7, 11) is 2.05. The van der Waals surface area contributed by atoms with Crippen molar-refractivity contribution in [1.29, 1.82) is 0 Å². The van der Waals surface area contributed by atoms with Crippen molar-refractivity contribution in [2.75, 3.05) is 13.6 Å². The van der Waals surface area contributed by atoms with E-state index in [2.05, 4.69) is 50.8 Å². The molecule has 3 heterocycles. The highest BCUT2D eigenvalue weighted by Gasteiger charge is 2.28. The van der Waals surface area contributed by atoms with Crippen LogP contribution in [0.4, 0.5) is 4.39 Å². The average molecular weight is 375 g/mol. The minimum Gasteiger partial charge on any atom is -0.301 e. The second kappa shape index (κ2) is 6.51. The Morgan fingerprint density at radius 1 is 1.15 bits per heavy atom. The normalized spacial score (nSPS) is 17.2. The number of likely N-dealkylation sites (N-methyl/N-ethyl adjacent to an activating group) is 1. The molecular formula is C22H18FN3S. The molecule has 1 aliphatic rings. The number of benzene rings is 2. The number of fused-ring (bicyclic) bond motifs is 2. The number of hydrogen-bond donors (Lipinski definition) is 0. The molecule has 4 aromatic rings. The maximum Gasteiger partial charge on any atom is 0.137 e. The Bertz CT molecular complexity index is 1120. The highest BCUT2D eigenvalue weighted by molar-refractivity contribution is 7.17. The van der Waals surface area contributed by atoms with E-state index in [1.165, 1.54) is 15.6 Å². The zero-order valence-electron chi connectivity index (χ0n) is 14.9. The molecule has 2 aromatic heterocycles. The molecule has 0 saturated carbocycles. The summed E-state index contributed by atoms with van der Waals surface area (Å²) < 4.78 is 16.7. The van der Waals surface area contributed by atoms with Crippen LogP contribution in [0.1, 0.15) is 22.6 Å². The summed E-state index contributed by atoms with van der Waals surface area (Å²) in [6.45, 7) is 1.49.